The molecule has 4 N–H and O–H groups in total. The zero-order valence-electron chi connectivity index (χ0n) is 29.8. The molecule has 0 spiro atoms. The molecule has 3 aromatic carbocycles. The number of amides is 5. The molecule has 0 fully saturated rings. The van der Waals surface area contributed by atoms with Gasteiger partial charge in [-0.1, -0.05) is 68.4 Å². The summed E-state index contributed by atoms with van der Waals surface area (Å²) in [5.41, 5.74) is 1.81. The lowest BCUT2D eigenvalue weighted by atomic mass is 10.0. The van der Waals surface area contributed by atoms with Crippen LogP contribution in [0.1, 0.15) is 67.1 Å². The van der Waals surface area contributed by atoms with Gasteiger partial charge < -0.3 is 35.6 Å². The summed E-state index contributed by atoms with van der Waals surface area (Å²) in [7, 11) is 3.12. The Morgan fingerprint density at radius 3 is 2.43 bits per heavy atom. The van der Waals surface area contributed by atoms with Gasteiger partial charge in [-0.05, 0) is 67.0 Å². The van der Waals surface area contributed by atoms with Gasteiger partial charge >= 0.3 is 0 Å². The molecule has 12 heteroatoms. The number of methoxy groups -OCH3 is 1. The summed E-state index contributed by atoms with van der Waals surface area (Å²) in [4.78, 5) is 68.8. The molecule has 0 aromatic heterocycles. The van der Waals surface area contributed by atoms with Gasteiger partial charge in [0.1, 0.15) is 30.2 Å². The summed E-state index contributed by atoms with van der Waals surface area (Å²) >= 11 is 0. The number of carbonyl (C=O) groups excluding carboxylic acids is 5. The van der Waals surface area contributed by atoms with Gasteiger partial charge in [-0.2, -0.15) is 0 Å². The van der Waals surface area contributed by atoms with Crippen molar-refractivity contribution in [3.63, 3.8) is 0 Å². The summed E-state index contributed by atoms with van der Waals surface area (Å²) in [5.74, 6) is -1.10. The highest BCUT2D eigenvalue weighted by molar-refractivity contribution is 6.00. The largest absolute Gasteiger partial charge is 0.497 e. The minimum absolute atomic E-state index is 0.0350. The Bertz CT molecular complexity index is 1650. The maximum Gasteiger partial charge on any atom is 0.255 e. The van der Waals surface area contributed by atoms with Crippen molar-refractivity contribution in [1.82, 2.24) is 26.2 Å². The van der Waals surface area contributed by atoms with Gasteiger partial charge in [0.25, 0.3) is 5.91 Å². The van der Waals surface area contributed by atoms with Crippen molar-refractivity contribution in [2.75, 3.05) is 33.9 Å². The van der Waals surface area contributed by atoms with Gasteiger partial charge in [-0.25, -0.2) is 0 Å². The second-order valence-electron chi connectivity index (χ2n) is 13.1. The van der Waals surface area contributed by atoms with E-state index in [1.54, 1.807) is 61.7 Å². The molecular formula is C39H49N5O7. The van der Waals surface area contributed by atoms with E-state index in [0.29, 0.717) is 31.4 Å². The van der Waals surface area contributed by atoms with E-state index in [1.165, 1.54) is 11.9 Å². The van der Waals surface area contributed by atoms with Crippen molar-refractivity contribution >= 4 is 29.5 Å². The average molecular weight is 700 g/mol. The van der Waals surface area contributed by atoms with Gasteiger partial charge in [0, 0.05) is 20.0 Å². The minimum atomic E-state index is -1.07. The van der Waals surface area contributed by atoms with Crippen LogP contribution in [0.4, 0.5) is 0 Å². The van der Waals surface area contributed by atoms with Gasteiger partial charge in [0.05, 0.1) is 25.3 Å². The predicted octanol–water partition coefficient (Wildman–Crippen LogP) is 3.56. The normalized spacial score (nSPS) is 19.4. The van der Waals surface area contributed by atoms with E-state index < -0.39 is 41.8 Å². The van der Waals surface area contributed by atoms with Crippen LogP contribution < -0.4 is 30.7 Å². The highest BCUT2D eigenvalue weighted by Crippen LogP contribution is 2.21. The number of likely N-dealkylation sites (N-methyl/N-ethyl adjacent to an activating group) is 1. The van der Waals surface area contributed by atoms with Crippen molar-refractivity contribution in [1.29, 1.82) is 0 Å². The zero-order chi connectivity index (χ0) is 36.8. The third kappa shape index (κ3) is 11.9. The number of benzene rings is 3. The van der Waals surface area contributed by atoms with Crippen LogP contribution in [0.5, 0.6) is 11.5 Å². The molecule has 272 valence electrons. The first-order valence-corrected chi connectivity index (χ1v) is 17.4. The Kier molecular flexibility index (Phi) is 14.4. The van der Waals surface area contributed by atoms with Gasteiger partial charge in [-0.3, -0.25) is 24.0 Å². The van der Waals surface area contributed by atoms with Crippen LogP contribution in [-0.2, 0) is 25.6 Å². The van der Waals surface area contributed by atoms with Gasteiger partial charge in [0.15, 0.2) is 0 Å². The van der Waals surface area contributed by atoms with E-state index in [-0.39, 0.29) is 49.1 Å². The number of aryl methyl sites for hydroxylation is 1. The summed E-state index contributed by atoms with van der Waals surface area (Å²) < 4.78 is 11.4. The number of nitrogens with one attached hydrogen (secondary N) is 4. The molecule has 0 bridgehead atoms. The van der Waals surface area contributed by atoms with Crippen LogP contribution in [0.25, 0.3) is 0 Å². The zero-order valence-corrected chi connectivity index (χ0v) is 29.8. The predicted molar refractivity (Wildman–Crippen MR) is 193 cm³/mol. The second kappa shape index (κ2) is 19.1. The molecule has 0 unspecified atom stereocenters. The van der Waals surface area contributed by atoms with Crippen LogP contribution in [0.3, 0.4) is 0 Å². The lowest BCUT2D eigenvalue weighted by Gasteiger charge is -2.27. The average Bonchev–Trinajstić information content (AvgIpc) is 3.12. The van der Waals surface area contributed by atoms with E-state index in [4.69, 9.17) is 9.47 Å². The smallest absolute Gasteiger partial charge is 0.255 e. The number of fused-ring (bicyclic) bond motifs is 1. The highest BCUT2D eigenvalue weighted by atomic mass is 16.5. The monoisotopic (exact) mass is 699 g/mol. The van der Waals surface area contributed by atoms with E-state index >= 15 is 0 Å². The molecule has 0 radical (unpaired) electrons. The SMILES string of the molecule is COc1cccc(CCCNC(=O)[C@@H]2CCC(=O)N[C@@H](c3ccccc3)C(=O)N(C)CC(=O)N[C@@H](CC(C)C)COc3ccccc3C(=O)N2)c1. The Morgan fingerprint density at radius 1 is 0.941 bits per heavy atom. The summed E-state index contributed by atoms with van der Waals surface area (Å²) in [6.45, 7) is 4.21. The minimum Gasteiger partial charge on any atom is -0.497 e. The summed E-state index contributed by atoms with van der Waals surface area (Å²) in [5, 5.41) is 11.5. The Hall–Kier alpha value is -5.39. The van der Waals surface area contributed by atoms with Crippen LogP contribution in [-0.4, -0.2) is 80.4 Å². The van der Waals surface area contributed by atoms with Crippen LogP contribution in [0.2, 0.25) is 0 Å². The first-order valence-electron chi connectivity index (χ1n) is 17.4. The number of nitrogens with zero attached hydrogens (tertiary/aromatic N) is 1. The Balaban J connectivity index is 1.58. The van der Waals surface area contributed by atoms with Crippen LogP contribution in [0.15, 0.2) is 78.9 Å². The lowest BCUT2D eigenvalue weighted by molar-refractivity contribution is -0.138. The fraction of sp³-hybridized carbons (Fsp3) is 0.410. The number of hydrogen-bond donors (Lipinski definition) is 4. The van der Waals surface area contributed by atoms with Gasteiger partial charge in [0.2, 0.25) is 23.6 Å². The Labute approximate surface area is 299 Å². The maximum absolute atomic E-state index is 13.7. The van der Waals surface area contributed by atoms with Crippen LogP contribution in [0, 0.1) is 5.92 Å². The number of rotatable bonds is 9. The van der Waals surface area contributed by atoms with E-state index in [2.05, 4.69) is 21.3 Å². The number of hydrogen-bond acceptors (Lipinski definition) is 7. The maximum atomic E-state index is 13.7. The van der Waals surface area contributed by atoms with Crippen molar-refractivity contribution in [3.8, 4) is 11.5 Å². The van der Waals surface area contributed by atoms with Crippen molar-refractivity contribution in [2.24, 2.45) is 5.92 Å². The van der Waals surface area contributed by atoms with E-state index in [9.17, 15) is 24.0 Å². The molecule has 0 aliphatic carbocycles. The molecule has 0 saturated heterocycles. The number of carbonyl (C=O) groups is 5. The quantitative estimate of drug-likeness (QED) is 0.249. The molecule has 51 heavy (non-hydrogen) atoms. The van der Waals surface area contributed by atoms with Crippen LogP contribution >= 0.6 is 0 Å². The number of ether oxygens (including phenoxy) is 2. The molecule has 1 aliphatic heterocycles. The fourth-order valence-corrected chi connectivity index (χ4v) is 5.90. The molecule has 3 aromatic rings. The molecule has 12 nitrogen and oxygen atoms in total. The first-order chi connectivity index (χ1) is 24.5. The van der Waals surface area contributed by atoms with Gasteiger partial charge in [-0.15, -0.1) is 0 Å². The number of para-hydroxylation sites is 1. The van der Waals surface area contributed by atoms with Crippen molar-refractivity contribution in [2.45, 2.75) is 64.1 Å². The standard InChI is InChI=1S/C39H49N5O7/c1-26(2)22-29-25-51-33-18-9-8-17-31(33)37(47)42-32(38(48)40-21-11-13-27-12-10-16-30(23-27)50-4)19-20-34(45)43-36(28-14-6-5-7-15-28)39(49)44(3)24-35(46)41-29/h5-10,12,14-18,23,26,29,32,36H,11,13,19-22,24-25H2,1-4H3,(H,40,48)(H,41,46)(H,42,47)(H,43,45)/t29-,32-,36-/m0/s1. The summed E-state index contributed by atoms with van der Waals surface area (Å²) in [6.07, 6.45) is 1.72. The first kappa shape index (κ1) is 38.4. The third-order valence-electron chi connectivity index (χ3n) is 8.49. The second-order valence-corrected chi connectivity index (χ2v) is 13.1. The third-order valence-corrected chi connectivity index (χ3v) is 8.49. The molecule has 0 saturated carbocycles. The molecule has 1 aliphatic rings. The fourth-order valence-electron chi connectivity index (χ4n) is 5.90. The summed E-state index contributed by atoms with van der Waals surface area (Å²) in [6, 6.07) is 20.6. The molecule has 1 heterocycles. The molecule has 4 rings (SSSR count). The molecule has 5 amide bonds. The van der Waals surface area contributed by atoms with Crippen molar-refractivity contribution < 1.29 is 33.4 Å². The van der Waals surface area contributed by atoms with E-state index in [0.717, 1.165) is 11.3 Å². The lowest BCUT2D eigenvalue weighted by Crippen LogP contribution is -2.49. The molecule has 3 atom stereocenters. The molecular weight excluding hydrogens is 650 g/mol. The van der Waals surface area contributed by atoms with E-state index in [1.807, 2.05) is 38.1 Å². The Morgan fingerprint density at radius 2 is 1.69 bits per heavy atom. The van der Waals surface area contributed by atoms with Crippen molar-refractivity contribution in [3.05, 3.63) is 95.6 Å². The topological polar surface area (TPSA) is 155 Å². The highest BCUT2D eigenvalue weighted by Gasteiger charge is 2.29.